The molecule has 0 unspecified atom stereocenters. The molecule has 0 aromatic carbocycles. The molecule has 1 amide bonds. The van der Waals surface area contributed by atoms with E-state index in [9.17, 15) is 18.0 Å². The first kappa shape index (κ1) is 20.1. The zero-order chi connectivity index (χ0) is 20.2. The zero-order valence-electron chi connectivity index (χ0n) is 14.9. The number of primary amides is 1. The molecule has 0 bridgehead atoms. The van der Waals surface area contributed by atoms with Gasteiger partial charge in [0.15, 0.2) is 5.65 Å². The van der Waals surface area contributed by atoms with Crippen LogP contribution in [0, 0.1) is 6.92 Å². The minimum absolute atomic E-state index is 0.293. The number of carbonyl (C=O) groups is 1. The minimum Gasteiger partial charge on any atom is -0.481 e. The number of hydrogen-bond donors (Lipinski definition) is 1. The molecule has 0 fully saturated rings. The topological polar surface area (TPSA) is 95.4 Å². The predicted molar refractivity (Wildman–Crippen MR) is 92.4 cm³/mol. The van der Waals surface area contributed by atoms with Crippen LogP contribution in [0.3, 0.4) is 0 Å². The molecule has 2 N–H and O–H groups in total. The Hall–Kier alpha value is -3.17. The number of ether oxygens (including phenoxy) is 1. The van der Waals surface area contributed by atoms with E-state index in [0.717, 1.165) is 18.2 Å². The minimum atomic E-state index is -3.96. The fourth-order valence-electron chi connectivity index (χ4n) is 2.09. The van der Waals surface area contributed by atoms with Gasteiger partial charge >= 0.3 is 6.18 Å². The number of aromatic nitrogens is 4. The summed E-state index contributed by atoms with van der Waals surface area (Å²) >= 11 is 0. The van der Waals surface area contributed by atoms with E-state index in [0.29, 0.717) is 22.8 Å². The van der Waals surface area contributed by atoms with Gasteiger partial charge in [0.1, 0.15) is 5.56 Å². The lowest BCUT2D eigenvalue weighted by atomic mass is 10.2. The average Bonchev–Trinajstić information content (AvgIpc) is 3.06. The number of amides is 1. The van der Waals surface area contributed by atoms with Gasteiger partial charge in [-0.1, -0.05) is 6.92 Å². The Balaban J connectivity index is 0.000000380. The highest BCUT2D eigenvalue weighted by atomic mass is 19.4. The van der Waals surface area contributed by atoms with Crippen LogP contribution in [0.25, 0.3) is 16.9 Å². The summed E-state index contributed by atoms with van der Waals surface area (Å²) in [6, 6.07) is 5.47. The molecule has 0 aliphatic rings. The number of alkyl halides is 3. The Bertz CT molecular complexity index is 936. The Morgan fingerprint density at radius 1 is 1.30 bits per heavy atom. The second-order valence-corrected chi connectivity index (χ2v) is 5.50. The number of carbonyl (C=O) groups excluding carboxylic acids is 1. The summed E-state index contributed by atoms with van der Waals surface area (Å²) in [6.45, 7) is 2.97. The van der Waals surface area contributed by atoms with E-state index < -0.39 is 18.5 Å². The van der Waals surface area contributed by atoms with Crippen LogP contribution in [0.2, 0.25) is 0 Å². The van der Waals surface area contributed by atoms with Crippen molar-refractivity contribution in [3.8, 4) is 17.1 Å². The van der Waals surface area contributed by atoms with E-state index in [1.807, 2.05) is 19.1 Å². The van der Waals surface area contributed by atoms with Crippen molar-refractivity contribution in [3.05, 3.63) is 41.9 Å². The lowest BCUT2D eigenvalue weighted by molar-refractivity contribution is -0.130. The molecule has 3 heterocycles. The first-order chi connectivity index (χ1) is 12.7. The lowest BCUT2D eigenvalue weighted by Crippen LogP contribution is -2.11. The first-order valence-corrected chi connectivity index (χ1v) is 7.88. The maximum absolute atomic E-state index is 11.4. The molecule has 0 aliphatic heterocycles. The highest BCUT2D eigenvalue weighted by Gasteiger charge is 2.22. The molecule has 3 aromatic heterocycles. The van der Waals surface area contributed by atoms with Crippen LogP contribution in [-0.4, -0.2) is 38.8 Å². The Kier molecular flexibility index (Phi) is 5.98. The van der Waals surface area contributed by atoms with Crippen LogP contribution in [0.15, 0.2) is 30.6 Å². The standard InChI is InChI=1S/C14H13N5O2.C3H5F3/c1-8-5-11(9-3-4-12(21-2)16-6-9)18-14-10(13(15)20)7-17-19(8)14;1-2-3(4,5)6/h3-7H,1-2H3,(H2,15,20);2H2,1H3. The number of methoxy groups -OCH3 is 1. The molecule has 3 rings (SSSR count). The lowest BCUT2D eigenvalue weighted by Gasteiger charge is -2.06. The normalized spacial score (nSPS) is 11.0. The summed E-state index contributed by atoms with van der Waals surface area (Å²) in [4.78, 5) is 20.0. The quantitative estimate of drug-likeness (QED) is 0.752. The summed E-state index contributed by atoms with van der Waals surface area (Å²) < 4.78 is 39.0. The third-order valence-corrected chi connectivity index (χ3v) is 3.56. The van der Waals surface area contributed by atoms with Gasteiger partial charge in [0, 0.05) is 29.9 Å². The van der Waals surface area contributed by atoms with Gasteiger partial charge in [0.05, 0.1) is 19.0 Å². The molecular weight excluding hydrogens is 363 g/mol. The number of halogens is 3. The first-order valence-electron chi connectivity index (χ1n) is 7.88. The number of nitrogens with two attached hydrogens (primary N) is 1. The number of aryl methyl sites for hydroxylation is 1. The second-order valence-electron chi connectivity index (χ2n) is 5.50. The van der Waals surface area contributed by atoms with Crippen LogP contribution in [0.1, 0.15) is 29.4 Å². The van der Waals surface area contributed by atoms with Crippen molar-refractivity contribution in [1.29, 1.82) is 0 Å². The van der Waals surface area contributed by atoms with Gasteiger partial charge in [-0.2, -0.15) is 18.3 Å². The van der Waals surface area contributed by atoms with Crippen LogP contribution >= 0.6 is 0 Å². The Labute approximate surface area is 153 Å². The molecule has 3 aromatic rings. The van der Waals surface area contributed by atoms with Gasteiger partial charge in [-0.3, -0.25) is 4.79 Å². The summed E-state index contributed by atoms with van der Waals surface area (Å²) in [5.74, 6) is -0.0272. The number of nitrogens with zero attached hydrogens (tertiary/aromatic N) is 4. The maximum Gasteiger partial charge on any atom is 0.388 e. The molecule has 0 aliphatic carbocycles. The molecule has 0 spiro atoms. The highest BCUT2D eigenvalue weighted by molar-refractivity contribution is 5.98. The molecule has 27 heavy (non-hydrogen) atoms. The number of pyridine rings is 1. The van der Waals surface area contributed by atoms with Gasteiger partial charge in [-0.05, 0) is 19.1 Å². The maximum atomic E-state index is 11.4. The molecule has 0 saturated heterocycles. The van der Waals surface area contributed by atoms with Crippen LogP contribution in [-0.2, 0) is 0 Å². The fraction of sp³-hybridized carbons (Fsp3) is 0.294. The largest absolute Gasteiger partial charge is 0.481 e. The van der Waals surface area contributed by atoms with Crippen molar-refractivity contribution >= 4 is 11.6 Å². The molecule has 144 valence electrons. The molecular formula is C17H18F3N5O2. The van der Waals surface area contributed by atoms with E-state index in [1.54, 1.807) is 23.9 Å². The SMILES string of the molecule is CCC(F)(F)F.COc1ccc(-c2cc(C)n3ncc(C(N)=O)c3n2)cn1. The van der Waals surface area contributed by atoms with Crippen molar-refractivity contribution < 1.29 is 22.7 Å². The van der Waals surface area contributed by atoms with Crippen molar-refractivity contribution in [2.75, 3.05) is 7.11 Å². The van der Waals surface area contributed by atoms with Gasteiger partial charge < -0.3 is 10.5 Å². The van der Waals surface area contributed by atoms with E-state index in [-0.39, 0.29) is 0 Å². The van der Waals surface area contributed by atoms with Crippen molar-refractivity contribution in [2.24, 2.45) is 5.73 Å². The molecule has 7 nitrogen and oxygen atoms in total. The summed E-state index contributed by atoms with van der Waals surface area (Å²) in [5.41, 5.74) is 8.43. The third kappa shape index (κ3) is 4.93. The summed E-state index contributed by atoms with van der Waals surface area (Å²) in [5, 5.41) is 4.12. The van der Waals surface area contributed by atoms with Gasteiger partial charge in [-0.25, -0.2) is 14.5 Å². The third-order valence-electron chi connectivity index (χ3n) is 3.56. The highest BCUT2D eigenvalue weighted by Crippen LogP contribution is 2.21. The average molecular weight is 381 g/mol. The van der Waals surface area contributed by atoms with E-state index in [1.165, 1.54) is 6.20 Å². The van der Waals surface area contributed by atoms with Gasteiger partial charge in [0.2, 0.25) is 5.88 Å². The number of hydrogen-bond acceptors (Lipinski definition) is 5. The van der Waals surface area contributed by atoms with Gasteiger partial charge in [0.25, 0.3) is 5.91 Å². The predicted octanol–water partition coefficient (Wildman–Crippen LogP) is 3.17. The summed E-state index contributed by atoms with van der Waals surface area (Å²) in [6.07, 6.45) is -1.60. The second kappa shape index (κ2) is 8.02. The number of fused-ring (bicyclic) bond motifs is 1. The van der Waals surface area contributed by atoms with Crippen LogP contribution in [0.4, 0.5) is 13.2 Å². The van der Waals surface area contributed by atoms with Crippen molar-refractivity contribution in [1.82, 2.24) is 19.6 Å². The van der Waals surface area contributed by atoms with Crippen molar-refractivity contribution in [2.45, 2.75) is 26.4 Å². The van der Waals surface area contributed by atoms with Crippen LogP contribution in [0.5, 0.6) is 5.88 Å². The van der Waals surface area contributed by atoms with E-state index in [2.05, 4.69) is 15.1 Å². The van der Waals surface area contributed by atoms with E-state index in [4.69, 9.17) is 10.5 Å². The van der Waals surface area contributed by atoms with Crippen LogP contribution < -0.4 is 10.5 Å². The van der Waals surface area contributed by atoms with Crippen molar-refractivity contribution in [3.63, 3.8) is 0 Å². The monoisotopic (exact) mass is 381 g/mol. The molecule has 0 radical (unpaired) electrons. The molecule has 10 heteroatoms. The molecule has 0 saturated carbocycles. The molecule has 0 atom stereocenters. The smallest absolute Gasteiger partial charge is 0.388 e. The Morgan fingerprint density at radius 3 is 2.44 bits per heavy atom. The fourth-order valence-corrected chi connectivity index (χ4v) is 2.09. The zero-order valence-corrected chi connectivity index (χ0v) is 14.9. The van der Waals surface area contributed by atoms with E-state index >= 15 is 0 Å². The number of rotatable bonds is 3. The Morgan fingerprint density at radius 2 is 1.96 bits per heavy atom. The summed E-state index contributed by atoms with van der Waals surface area (Å²) in [7, 11) is 1.56. The van der Waals surface area contributed by atoms with Gasteiger partial charge in [-0.15, -0.1) is 0 Å².